The van der Waals surface area contributed by atoms with Crippen LogP contribution in [0.2, 0.25) is 5.02 Å². The molecule has 0 radical (unpaired) electrons. The smallest absolute Gasteiger partial charge is 0.142 e. The number of rotatable bonds is 1. The first-order valence-electron chi connectivity index (χ1n) is 2.87. The van der Waals surface area contributed by atoms with E-state index in [-0.39, 0.29) is 10.8 Å². The Balaban J connectivity index is 3.24. The highest BCUT2D eigenvalue weighted by Gasteiger charge is 2.06. The van der Waals surface area contributed by atoms with Gasteiger partial charge in [0.25, 0.3) is 0 Å². The van der Waals surface area contributed by atoms with Gasteiger partial charge in [0.2, 0.25) is 0 Å². The Morgan fingerprint density at radius 1 is 1.55 bits per heavy atom. The number of halogens is 2. The predicted octanol–water partition coefficient (Wildman–Crippen LogP) is 2.82. The number of hydrogen-bond donors (Lipinski definition) is 1. The summed E-state index contributed by atoms with van der Waals surface area (Å²) in [5.74, 6) is 0.469. The fourth-order valence-electron chi connectivity index (χ4n) is 0.699. The Labute approximate surface area is 77.9 Å². The maximum absolute atomic E-state index is 9.17. The molecule has 1 aromatic carbocycles. The number of phenols is 1. The zero-order chi connectivity index (χ0) is 8.43. The van der Waals surface area contributed by atoms with Crippen LogP contribution in [0.1, 0.15) is 0 Å². The average molecular weight is 237 g/mol. The molecule has 0 atom stereocenters. The molecule has 0 saturated heterocycles. The van der Waals surface area contributed by atoms with Crippen molar-refractivity contribution in [3.8, 4) is 11.5 Å². The molecule has 1 rings (SSSR count). The van der Waals surface area contributed by atoms with Crippen molar-refractivity contribution in [3.05, 3.63) is 21.6 Å². The quantitative estimate of drug-likeness (QED) is 0.814. The molecule has 4 heteroatoms. The van der Waals surface area contributed by atoms with Gasteiger partial charge < -0.3 is 9.84 Å². The molecule has 0 spiro atoms. The van der Waals surface area contributed by atoms with Gasteiger partial charge in [-0.05, 0) is 12.1 Å². The number of hydrogen-bond acceptors (Lipinski definition) is 2. The number of ether oxygens (including phenoxy) is 1. The van der Waals surface area contributed by atoms with E-state index < -0.39 is 0 Å². The Morgan fingerprint density at radius 3 is 2.73 bits per heavy atom. The van der Waals surface area contributed by atoms with E-state index in [1.807, 2.05) is 0 Å². The van der Waals surface area contributed by atoms with Crippen LogP contribution >= 0.6 is 27.5 Å². The minimum absolute atomic E-state index is 0.0119. The molecule has 1 aromatic rings. The SMILES string of the molecule is COc1cc(Br)cc(O)c1Cl. The molecule has 0 bridgehead atoms. The van der Waals surface area contributed by atoms with Gasteiger partial charge in [-0.2, -0.15) is 0 Å². The zero-order valence-corrected chi connectivity index (χ0v) is 8.11. The largest absolute Gasteiger partial charge is 0.506 e. The van der Waals surface area contributed by atoms with Gasteiger partial charge in [-0.25, -0.2) is 0 Å². The van der Waals surface area contributed by atoms with E-state index in [9.17, 15) is 5.11 Å². The second kappa shape index (κ2) is 3.32. The summed E-state index contributed by atoms with van der Waals surface area (Å²) >= 11 is 8.86. The monoisotopic (exact) mass is 236 g/mol. The Kier molecular flexibility index (Phi) is 2.62. The lowest BCUT2D eigenvalue weighted by Crippen LogP contribution is -1.83. The third-order valence-corrected chi connectivity index (χ3v) is 2.04. The number of methoxy groups -OCH3 is 1. The molecule has 0 heterocycles. The molecule has 0 fully saturated rings. The fourth-order valence-corrected chi connectivity index (χ4v) is 1.31. The summed E-state index contributed by atoms with van der Waals surface area (Å²) in [5.41, 5.74) is 0. The van der Waals surface area contributed by atoms with Crippen LogP contribution in [0.4, 0.5) is 0 Å². The van der Waals surface area contributed by atoms with E-state index >= 15 is 0 Å². The first-order chi connectivity index (χ1) is 5.15. The zero-order valence-electron chi connectivity index (χ0n) is 5.77. The Morgan fingerprint density at radius 2 is 2.18 bits per heavy atom. The standard InChI is InChI=1S/C7H6BrClO2/c1-11-6-3-4(8)2-5(10)7(6)9/h2-3,10H,1H3. The van der Waals surface area contributed by atoms with Crippen molar-refractivity contribution in [2.24, 2.45) is 0 Å². The maximum atomic E-state index is 9.17. The molecule has 11 heavy (non-hydrogen) atoms. The van der Waals surface area contributed by atoms with Gasteiger partial charge >= 0.3 is 0 Å². The normalized spacial score (nSPS) is 9.73. The van der Waals surface area contributed by atoms with Crippen LogP contribution in [0.3, 0.4) is 0 Å². The first-order valence-corrected chi connectivity index (χ1v) is 4.04. The number of aromatic hydroxyl groups is 1. The summed E-state index contributed by atoms with van der Waals surface area (Å²) in [6.07, 6.45) is 0. The van der Waals surface area contributed by atoms with Gasteiger partial charge in [-0.15, -0.1) is 0 Å². The number of benzene rings is 1. The molecule has 0 aromatic heterocycles. The molecule has 0 aliphatic heterocycles. The minimum Gasteiger partial charge on any atom is -0.506 e. The highest BCUT2D eigenvalue weighted by Crippen LogP contribution is 2.35. The summed E-state index contributed by atoms with van der Waals surface area (Å²) in [7, 11) is 1.49. The van der Waals surface area contributed by atoms with E-state index in [2.05, 4.69) is 15.9 Å². The van der Waals surface area contributed by atoms with Gasteiger partial charge in [0.1, 0.15) is 16.5 Å². The van der Waals surface area contributed by atoms with Crippen LogP contribution in [-0.2, 0) is 0 Å². The van der Waals surface area contributed by atoms with Gasteiger partial charge in [-0.3, -0.25) is 0 Å². The predicted molar refractivity (Wildman–Crippen MR) is 47.4 cm³/mol. The molecule has 0 saturated carbocycles. The third-order valence-electron chi connectivity index (χ3n) is 1.20. The molecule has 0 amide bonds. The second-order valence-corrected chi connectivity index (χ2v) is 3.23. The molecule has 60 valence electrons. The van der Waals surface area contributed by atoms with Gasteiger partial charge in [-0.1, -0.05) is 27.5 Å². The fraction of sp³-hybridized carbons (Fsp3) is 0.143. The molecular formula is C7H6BrClO2. The molecule has 0 unspecified atom stereocenters. The van der Waals surface area contributed by atoms with Crippen molar-refractivity contribution >= 4 is 27.5 Å². The van der Waals surface area contributed by atoms with Crippen LogP contribution in [0.25, 0.3) is 0 Å². The van der Waals surface area contributed by atoms with Crippen LogP contribution in [0.15, 0.2) is 16.6 Å². The first kappa shape index (κ1) is 8.68. The highest BCUT2D eigenvalue weighted by atomic mass is 79.9. The van der Waals surface area contributed by atoms with Crippen molar-refractivity contribution in [1.82, 2.24) is 0 Å². The van der Waals surface area contributed by atoms with Gasteiger partial charge in [0.15, 0.2) is 0 Å². The maximum Gasteiger partial charge on any atom is 0.142 e. The van der Waals surface area contributed by atoms with Crippen molar-refractivity contribution in [1.29, 1.82) is 0 Å². The van der Waals surface area contributed by atoms with Crippen molar-refractivity contribution in [3.63, 3.8) is 0 Å². The summed E-state index contributed by atoms with van der Waals surface area (Å²) in [4.78, 5) is 0. The minimum atomic E-state index is 0.0119. The molecule has 0 aliphatic carbocycles. The molecular weight excluding hydrogens is 231 g/mol. The van der Waals surface area contributed by atoms with Gasteiger partial charge in [0, 0.05) is 4.47 Å². The van der Waals surface area contributed by atoms with Crippen molar-refractivity contribution in [2.75, 3.05) is 7.11 Å². The van der Waals surface area contributed by atoms with E-state index in [0.29, 0.717) is 5.75 Å². The molecule has 1 N–H and O–H groups in total. The molecule has 0 aliphatic rings. The van der Waals surface area contributed by atoms with Crippen LogP contribution in [0, 0.1) is 0 Å². The summed E-state index contributed by atoms with van der Waals surface area (Å²) in [5, 5.41) is 9.40. The lowest BCUT2D eigenvalue weighted by atomic mass is 10.3. The van der Waals surface area contributed by atoms with Crippen LogP contribution in [-0.4, -0.2) is 12.2 Å². The van der Waals surface area contributed by atoms with E-state index in [0.717, 1.165) is 4.47 Å². The van der Waals surface area contributed by atoms with Crippen LogP contribution in [0.5, 0.6) is 11.5 Å². The summed E-state index contributed by atoms with van der Waals surface area (Å²) < 4.78 is 5.62. The number of phenolic OH excluding ortho intramolecular Hbond substituents is 1. The van der Waals surface area contributed by atoms with Crippen LogP contribution < -0.4 is 4.74 Å². The Hall–Kier alpha value is -0.410. The second-order valence-electron chi connectivity index (χ2n) is 1.94. The Bertz CT molecular complexity index is 275. The average Bonchev–Trinajstić information content (AvgIpc) is 1.96. The lowest BCUT2D eigenvalue weighted by Gasteiger charge is -2.04. The third kappa shape index (κ3) is 1.79. The van der Waals surface area contributed by atoms with E-state index in [1.54, 1.807) is 6.07 Å². The summed E-state index contributed by atoms with van der Waals surface area (Å²) in [6.45, 7) is 0. The van der Waals surface area contributed by atoms with E-state index in [4.69, 9.17) is 16.3 Å². The topological polar surface area (TPSA) is 29.5 Å². The van der Waals surface area contributed by atoms with Crippen molar-refractivity contribution in [2.45, 2.75) is 0 Å². The molecule has 2 nitrogen and oxygen atoms in total. The summed E-state index contributed by atoms with van der Waals surface area (Å²) in [6, 6.07) is 3.19. The highest BCUT2D eigenvalue weighted by molar-refractivity contribution is 9.10. The van der Waals surface area contributed by atoms with Crippen molar-refractivity contribution < 1.29 is 9.84 Å². The lowest BCUT2D eigenvalue weighted by molar-refractivity contribution is 0.407. The van der Waals surface area contributed by atoms with Gasteiger partial charge in [0.05, 0.1) is 7.11 Å². The van der Waals surface area contributed by atoms with E-state index in [1.165, 1.54) is 13.2 Å².